The van der Waals surface area contributed by atoms with Crippen LogP contribution in [0.4, 0.5) is 4.39 Å². The summed E-state index contributed by atoms with van der Waals surface area (Å²) in [5.41, 5.74) is 1.52. The molecular weight excluding hydrogens is 265 g/mol. The predicted octanol–water partition coefficient (Wildman–Crippen LogP) is 0.971. The minimum atomic E-state index is -0.786. The molecule has 0 aliphatic carbocycles. The Morgan fingerprint density at radius 3 is 2.75 bits per heavy atom. The molecule has 1 aromatic heterocycles. The summed E-state index contributed by atoms with van der Waals surface area (Å²) in [5, 5.41) is 3.85. The van der Waals surface area contributed by atoms with Crippen LogP contribution >= 0.6 is 0 Å². The van der Waals surface area contributed by atoms with Gasteiger partial charge in [0.1, 0.15) is 11.5 Å². The van der Waals surface area contributed by atoms with Gasteiger partial charge in [-0.25, -0.2) is 14.6 Å². The van der Waals surface area contributed by atoms with Crippen molar-refractivity contribution in [3.05, 3.63) is 57.8 Å². The molecule has 0 aliphatic rings. The van der Waals surface area contributed by atoms with Crippen molar-refractivity contribution >= 4 is 5.91 Å². The summed E-state index contributed by atoms with van der Waals surface area (Å²) in [7, 11) is 1.24. The summed E-state index contributed by atoms with van der Waals surface area (Å²) in [6.07, 6.45) is 1.37. The minimum absolute atomic E-state index is 0.141. The Hall–Kier alpha value is -2.54. The maximum absolute atomic E-state index is 13.7. The molecule has 0 radical (unpaired) electrons. The van der Waals surface area contributed by atoms with Crippen LogP contribution in [-0.2, 0) is 4.84 Å². The molecule has 0 unspecified atom stereocenters. The first-order valence-corrected chi connectivity index (χ1v) is 5.73. The molecule has 20 heavy (non-hydrogen) atoms. The topological polar surface area (TPSA) is 73.2 Å². The molecule has 0 saturated carbocycles. The van der Waals surface area contributed by atoms with Crippen LogP contribution in [0.1, 0.15) is 16.1 Å². The SMILES string of the molecule is CONC(=O)c1nn(-c2ccccc2F)cc(C)c1=O. The van der Waals surface area contributed by atoms with E-state index < -0.39 is 17.2 Å². The van der Waals surface area contributed by atoms with Gasteiger partial charge in [-0.05, 0) is 19.1 Å². The third-order valence-electron chi connectivity index (χ3n) is 2.61. The lowest BCUT2D eigenvalue weighted by Crippen LogP contribution is -2.32. The minimum Gasteiger partial charge on any atom is -0.287 e. The van der Waals surface area contributed by atoms with E-state index in [1.165, 1.54) is 38.4 Å². The number of hydrogen-bond donors (Lipinski definition) is 1. The van der Waals surface area contributed by atoms with Crippen molar-refractivity contribution in [2.75, 3.05) is 7.11 Å². The average Bonchev–Trinajstić information content (AvgIpc) is 2.42. The molecule has 1 amide bonds. The van der Waals surface area contributed by atoms with Gasteiger partial charge in [0.05, 0.1) is 7.11 Å². The number of rotatable bonds is 3. The standard InChI is InChI=1S/C13H12FN3O3/c1-8-7-17(10-6-4-3-5-9(10)14)15-11(12(8)18)13(19)16-20-2/h3-7H,1-2H3,(H,16,19). The summed E-state index contributed by atoms with van der Waals surface area (Å²) in [6, 6.07) is 5.92. The van der Waals surface area contributed by atoms with Crippen LogP contribution in [0.2, 0.25) is 0 Å². The number of amides is 1. The number of para-hydroxylation sites is 1. The molecule has 2 rings (SSSR count). The number of nitrogens with one attached hydrogen (secondary N) is 1. The molecule has 0 bridgehead atoms. The van der Waals surface area contributed by atoms with Gasteiger partial charge in [0, 0.05) is 11.8 Å². The van der Waals surface area contributed by atoms with Crippen LogP contribution < -0.4 is 10.9 Å². The number of halogens is 1. The van der Waals surface area contributed by atoms with Crippen LogP contribution in [-0.4, -0.2) is 22.8 Å². The molecule has 0 fully saturated rings. The van der Waals surface area contributed by atoms with Crippen molar-refractivity contribution in [3.63, 3.8) is 0 Å². The fourth-order valence-electron chi connectivity index (χ4n) is 1.66. The maximum Gasteiger partial charge on any atom is 0.299 e. The van der Waals surface area contributed by atoms with E-state index in [1.54, 1.807) is 6.07 Å². The molecule has 0 atom stereocenters. The van der Waals surface area contributed by atoms with Crippen molar-refractivity contribution in [2.45, 2.75) is 6.92 Å². The van der Waals surface area contributed by atoms with Crippen molar-refractivity contribution in [1.82, 2.24) is 15.3 Å². The highest BCUT2D eigenvalue weighted by Crippen LogP contribution is 2.11. The smallest absolute Gasteiger partial charge is 0.287 e. The summed E-state index contributed by atoms with van der Waals surface area (Å²) in [5.74, 6) is -1.30. The molecule has 6 nitrogen and oxygen atoms in total. The Balaban J connectivity index is 2.60. The third-order valence-corrected chi connectivity index (χ3v) is 2.61. The van der Waals surface area contributed by atoms with E-state index in [0.717, 1.165) is 4.68 Å². The van der Waals surface area contributed by atoms with Crippen molar-refractivity contribution in [1.29, 1.82) is 0 Å². The first kappa shape index (κ1) is 13.9. The van der Waals surface area contributed by atoms with Gasteiger partial charge in [0.25, 0.3) is 5.91 Å². The van der Waals surface area contributed by atoms with Gasteiger partial charge >= 0.3 is 0 Å². The summed E-state index contributed by atoms with van der Waals surface area (Å²) >= 11 is 0. The van der Waals surface area contributed by atoms with Crippen molar-refractivity contribution in [3.8, 4) is 5.69 Å². The molecule has 1 heterocycles. The number of carbonyl (C=O) groups excluding carboxylic acids is 1. The zero-order chi connectivity index (χ0) is 14.7. The highest BCUT2D eigenvalue weighted by molar-refractivity contribution is 5.91. The van der Waals surface area contributed by atoms with E-state index >= 15 is 0 Å². The van der Waals surface area contributed by atoms with Gasteiger partial charge in [0.2, 0.25) is 5.43 Å². The first-order valence-electron chi connectivity index (χ1n) is 5.73. The summed E-state index contributed by atoms with van der Waals surface area (Å²) in [6.45, 7) is 1.52. The second kappa shape index (κ2) is 5.62. The van der Waals surface area contributed by atoms with Crippen LogP contribution in [0.5, 0.6) is 0 Å². The van der Waals surface area contributed by atoms with Crippen LogP contribution in [0.25, 0.3) is 5.69 Å². The van der Waals surface area contributed by atoms with Gasteiger partial charge in [0.15, 0.2) is 5.69 Å². The van der Waals surface area contributed by atoms with E-state index in [-0.39, 0.29) is 16.9 Å². The van der Waals surface area contributed by atoms with Gasteiger partial charge in [-0.3, -0.25) is 14.4 Å². The average molecular weight is 277 g/mol. The fraction of sp³-hybridized carbons (Fsp3) is 0.154. The van der Waals surface area contributed by atoms with Crippen LogP contribution in [0.15, 0.2) is 35.3 Å². The Morgan fingerprint density at radius 1 is 1.40 bits per heavy atom. The van der Waals surface area contributed by atoms with Crippen molar-refractivity contribution < 1.29 is 14.0 Å². The molecule has 0 aliphatic heterocycles. The fourth-order valence-corrected chi connectivity index (χ4v) is 1.66. The van der Waals surface area contributed by atoms with E-state index in [2.05, 4.69) is 9.94 Å². The number of aromatic nitrogens is 2. The van der Waals surface area contributed by atoms with Gasteiger partial charge in [-0.1, -0.05) is 12.1 Å². The lowest BCUT2D eigenvalue weighted by Gasteiger charge is -2.09. The van der Waals surface area contributed by atoms with E-state index in [1.807, 2.05) is 5.48 Å². The molecule has 0 spiro atoms. The Morgan fingerprint density at radius 2 is 2.10 bits per heavy atom. The first-order chi connectivity index (χ1) is 9.54. The number of carbonyl (C=O) groups is 1. The summed E-state index contributed by atoms with van der Waals surface area (Å²) < 4.78 is 14.9. The largest absolute Gasteiger partial charge is 0.299 e. The van der Waals surface area contributed by atoms with Gasteiger partial charge in [-0.2, -0.15) is 5.10 Å². The van der Waals surface area contributed by atoms with E-state index in [4.69, 9.17) is 0 Å². The van der Waals surface area contributed by atoms with Crippen LogP contribution in [0, 0.1) is 12.7 Å². The molecule has 0 saturated heterocycles. The molecular formula is C13H12FN3O3. The highest BCUT2D eigenvalue weighted by atomic mass is 19.1. The zero-order valence-corrected chi connectivity index (χ0v) is 10.9. The third kappa shape index (κ3) is 2.57. The van der Waals surface area contributed by atoms with Gasteiger partial charge in [-0.15, -0.1) is 0 Å². The van der Waals surface area contributed by atoms with Gasteiger partial charge < -0.3 is 0 Å². The predicted molar refractivity (Wildman–Crippen MR) is 69.0 cm³/mol. The number of nitrogens with zero attached hydrogens (tertiary/aromatic N) is 2. The zero-order valence-electron chi connectivity index (χ0n) is 10.9. The van der Waals surface area contributed by atoms with E-state index in [9.17, 15) is 14.0 Å². The molecule has 7 heteroatoms. The quantitative estimate of drug-likeness (QED) is 0.848. The Bertz CT molecular complexity index is 712. The normalized spacial score (nSPS) is 10.3. The summed E-state index contributed by atoms with van der Waals surface area (Å²) in [4.78, 5) is 28.0. The van der Waals surface area contributed by atoms with Crippen molar-refractivity contribution in [2.24, 2.45) is 0 Å². The van der Waals surface area contributed by atoms with Crippen LogP contribution in [0.3, 0.4) is 0 Å². The number of benzene rings is 1. The highest BCUT2D eigenvalue weighted by Gasteiger charge is 2.16. The number of hydroxylamine groups is 1. The molecule has 1 aromatic carbocycles. The maximum atomic E-state index is 13.7. The molecule has 2 aromatic rings. The Kier molecular flexibility index (Phi) is 3.90. The second-order valence-electron chi connectivity index (χ2n) is 4.02. The van der Waals surface area contributed by atoms with E-state index in [0.29, 0.717) is 0 Å². The lowest BCUT2D eigenvalue weighted by molar-refractivity contribution is 0.0529. The Labute approximate surface area is 113 Å². The molecule has 1 N–H and O–H groups in total. The lowest BCUT2D eigenvalue weighted by atomic mass is 10.2. The monoisotopic (exact) mass is 277 g/mol. The number of aryl methyl sites for hydroxylation is 1. The molecule has 104 valence electrons. The number of hydrogen-bond acceptors (Lipinski definition) is 4. The second-order valence-corrected chi connectivity index (χ2v) is 4.02.